The van der Waals surface area contributed by atoms with Crippen molar-refractivity contribution in [1.29, 1.82) is 0 Å². The summed E-state index contributed by atoms with van der Waals surface area (Å²) in [4.78, 5) is 25.7. The summed E-state index contributed by atoms with van der Waals surface area (Å²) in [6.45, 7) is 1.49. The molecule has 4 nitrogen and oxygen atoms in total. The number of amides is 1. The van der Waals surface area contributed by atoms with Crippen molar-refractivity contribution in [2.45, 2.75) is 36.9 Å². The van der Waals surface area contributed by atoms with Gasteiger partial charge in [-0.3, -0.25) is 4.79 Å². The van der Waals surface area contributed by atoms with E-state index in [-0.39, 0.29) is 17.1 Å². The molecule has 0 spiro atoms. The summed E-state index contributed by atoms with van der Waals surface area (Å²) in [5.74, 6) is 0.760. The maximum Gasteiger partial charge on any atom is 0.335 e. The number of hydrogen-bond donors (Lipinski definition) is 1. The van der Waals surface area contributed by atoms with Gasteiger partial charge in [0.2, 0.25) is 5.91 Å². The van der Waals surface area contributed by atoms with E-state index in [4.69, 9.17) is 0 Å². The van der Waals surface area contributed by atoms with Gasteiger partial charge in [-0.25, -0.2) is 4.79 Å². The summed E-state index contributed by atoms with van der Waals surface area (Å²) in [6, 6.07) is 7.25. The number of piperidine rings is 1. The fourth-order valence-corrected chi connectivity index (χ4v) is 4.68. The Morgan fingerprint density at radius 2 is 1.86 bits per heavy atom. The Hall–Kier alpha value is -1.49. The van der Waals surface area contributed by atoms with E-state index in [1.807, 2.05) is 17.0 Å². The largest absolute Gasteiger partial charge is 0.478 e. The van der Waals surface area contributed by atoms with Crippen LogP contribution in [0.5, 0.6) is 0 Å². The predicted octanol–water partition coefficient (Wildman–Crippen LogP) is 2.99. The van der Waals surface area contributed by atoms with E-state index < -0.39 is 5.97 Å². The van der Waals surface area contributed by atoms with E-state index in [9.17, 15) is 14.7 Å². The first kappa shape index (κ1) is 15.4. The molecule has 1 unspecified atom stereocenters. The van der Waals surface area contributed by atoms with Gasteiger partial charge in [0.1, 0.15) is 0 Å². The van der Waals surface area contributed by atoms with Gasteiger partial charge in [-0.1, -0.05) is 18.2 Å². The average Bonchev–Trinajstić information content (AvgIpc) is 3.09. The van der Waals surface area contributed by atoms with Gasteiger partial charge in [0, 0.05) is 13.1 Å². The quantitative estimate of drug-likeness (QED) is 0.930. The molecule has 0 bridgehead atoms. The van der Waals surface area contributed by atoms with Gasteiger partial charge in [-0.2, -0.15) is 0 Å². The van der Waals surface area contributed by atoms with E-state index in [0.29, 0.717) is 5.56 Å². The fourth-order valence-electron chi connectivity index (χ4n) is 3.43. The van der Waals surface area contributed by atoms with Crippen molar-refractivity contribution in [2.24, 2.45) is 0 Å². The first-order valence-electron chi connectivity index (χ1n) is 7.89. The third-order valence-corrected chi connectivity index (χ3v) is 6.01. The van der Waals surface area contributed by atoms with Crippen LogP contribution >= 0.6 is 11.8 Å². The van der Waals surface area contributed by atoms with Crippen LogP contribution in [-0.2, 0) is 4.79 Å². The Morgan fingerprint density at radius 1 is 1.14 bits per heavy atom. The molecule has 2 aliphatic heterocycles. The SMILES string of the molecule is O=C(O)c1ccccc1C1CCN(C(=O)C2CCCS2)CC1. The molecule has 1 aromatic rings. The summed E-state index contributed by atoms with van der Waals surface area (Å²) in [5, 5.41) is 9.47. The molecule has 1 atom stereocenters. The van der Waals surface area contributed by atoms with Crippen molar-refractivity contribution in [3.63, 3.8) is 0 Å². The summed E-state index contributed by atoms with van der Waals surface area (Å²) in [6.07, 6.45) is 3.86. The molecule has 3 rings (SSSR count). The smallest absolute Gasteiger partial charge is 0.335 e. The number of rotatable bonds is 3. The number of carboxylic acid groups (broad SMARTS) is 1. The zero-order chi connectivity index (χ0) is 15.5. The van der Waals surface area contributed by atoms with E-state index >= 15 is 0 Å². The Morgan fingerprint density at radius 3 is 2.50 bits per heavy atom. The first-order chi connectivity index (χ1) is 10.7. The highest BCUT2D eigenvalue weighted by molar-refractivity contribution is 8.00. The second-order valence-electron chi connectivity index (χ2n) is 5.99. The van der Waals surface area contributed by atoms with Gasteiger partial charge < -0.3 is 10.0 Å². The van der Waals surface area contributed by atoms with E-state index in [2.05, 4.69) is 0 Å². The number of benzene rings is 1. The number of carbonyl (C=O) groups is 2. The molecule has 2 aliphatic rings. The molecule has 0 saturated carbocycles. The molecular formula is C17H21NO3S. The molecule has 1 amide bonds. The van der Waals surface area contributed by atoms with E-state index in [0.717, 1.165) is 50.1 Å². The molecule has 1 aromatic carbocycles. The molecule has 0 radical (unpaired) electrons. The van der Waals surface area contributed by atoms with Crippen LogP contribution in [0.4, 0.5) is 0 Å². The van der Waals surface area contributed by atoms with Crippen molar-refractivity contribution in [3.05, 3.63) is 35.4 Å². The van der Waals surface area contributed by atoms with Crippen LogP contribution in [0.15, 0.2) is 24.3 Å². The Labute approximate surface area is 134 Å². The van der Waals surface area contributed by atoms with E-state index in [1.165, 1.54) is 0 Å². The Balaban J connectivity index is 1.64. The molecule has 0 aromatic heterocycles. The van der Waals surface area contributed by atoms with Crippen molar-refractivity contribution in [3.8, 4) is 0 Å². The van der Waals surface area contributed by atoms with Crippen LogP contribution < -0.4 is 0 Å². The van der Waals surface area contributed by atoms with Crippen molar-refractivity contribution >= 4 is 23.6 Å². The van der Waals surface area contributed by atoms with Crippen LogP contribution in [0.2, 0.25) is 0 Å². The maximum atomic E-state index is 12.4. The molecule has 1 N–H and O–H groups in total. The van der Waals surface area contributed by atoms with Gasteiger partial charge in [-0.15, -0.1) is 11.8 Å². The number of carbonyl (C=O) groups excluding carboxylic acids is 1. The summed E-state index contributed by atoms with van der Waals surface area (Å²) < 4.78 is 0. The van der Waals surface area contributed by atoms with Gasteiger partial charge in [-0.05, 0) is 49.0 Å². The Bertz CT molecular complexity index is 561. The summed E-state index contributed by atoms with van der Waals surface area (Å²) in [7, 11) is 0. The minimum absolute atomic E-state index is 0.155. The monoisotopic (exact) mass is 319 g/mol. The van der Waals surface area contributed by atoms with Gasteiger partial charge in [0.05, 0.1) is 10.8 Å². The van der Waals surface area contributed by atoms with Gasteiger partial charge in [0.25, 0.3) is 0 Å². The second-order valence-corrected chi connectivity index (χ2v) is 7.30. The van der Waals surface area contributed by atoms with Gasteiger partial charge >= 0.3 is 5.97 Å². The number of likely N-dealkylation sites (tertiary alicyclic amines) is 1. The molecule has 2 saturated heterocycles. The maximum absolute atomic E-state index is 12.4. The number of thioether (sulfide) groups is 1. The minimum atomic E-state index is -0.864. The van der Waals surface area contributed by atoms with Crippen LogP contribution in [0.1, 0.15) is 47.5 Å². The zero-order valence-corrected chi connectivity index (χ0v) is 13.3. The molecular weight excluding hydrogens is 298 g/mol. The highest BCUT2D eigenvalue weighted by Crippen LogP contribution is 2.33. The lowest BCUT2D eigenvalue weighted by molar-refractivity contribution is -0.131. The zero-order valence-electron chi connectivity index (χ0n) is 12.5. The minimum Gasteiger partial charge on any atom is -0.478 e. The van der Waals surface area contributed by atoms with Crippen LogP contribution in [0, 0.1) is 0 Å². The van der Waals surface area contributed by atoms with Crippen molar-refractivity contribution in [1.82, 2.24) is 4.90 Å². The number of nitrogens with zero attached hydrogens (tertiary/aromatic N) is 1. The first-order valence-corrected chi connectivity index (χ1v) is 8.94. The molecule has 0 aliphatic carbocycles. The van der Waals surface area contributed by atoms with Crippen molar-refractivity contribution in [2.75, 3.05) is 18.8 Å². The number of aromatic carboxylic acids is 1. The van der Waals surface area contributed by atoms with Crippen LogP contribution in [0.25, 0.3) is 0 Å². The van der Waals surface area contributed by atoms with Crippen molar-refractivity contribution < 1.29 is 14.7 Å². The lowest BCUT2D eigenvalue weighted by Crippen LogP contribution is -2.42. The summed E-state index contributed by atoms with van der Waals surface area (Å²) in [5.41, 5.74) is 1.32. The highest BCUT2D eigenvalue weighted by atomic mass is 32.2. The van der Waals surface area contributed by atoms with Crippen LogP contribution in [0.3, 0.4) is 0 Å². The van der Waals surface area contributed by atoms with E-state index in [1.54, 1.807) is 23.9 Å². The highest BCUT2D eigenvalue weighted by Gasteiger charge is 2.31. The number of carboxylic acids is 1. The molecule has 2 heterocycles. The van der Waals surface area contributed by atoms with Gasteiger partial charge in [0.15, 0.2) is 0 Å². The molecule has 118 valence electrons. The molecule has 22 heavy (non-hydrogen) atoms. The van der Waals surface area contributed by atoms with Crippen LogP contribution in [-0.4, -0.2) is 46.0 Å². The third kappa shape index (κ3) is 3.14. The summed E-state index contributed by atoms with van der Waals surface area (Å²) >= 11 is 1.78. The third-order valence-electron chi connectivity index (χ3n) is 4.64. The lowest BCUT2D eigenvalue weighted by atomic mass is 9.86. The predicted molar refractivity (Wildman–Crippen MR) is 87.4 cm³/mol. The molecule has 5 heteroatoms. The molecule has 2 fully saturated rings. The average molecular weight is 319 g/mol. The lowest BCUT2D eigenvalue weighted by Gasteiger charge is -2.34. The number of hydrogen-bond acceptors (Lipinski definition) is 3. The standard InChI is InChI=1S/C17H21NO3S/c19-16(15-6-3-11-22-15)18-9-7-12(8-10-18)13-4-1-2-5-14(13)17(20)21/h1-2,4-5,12,15H,3,6-11H2,(H,20,21). The second kappa shape index (κ2) is 6.73. The topological polar surface area (TPSA) is 57.6 Å². The normalized spacial score (nSPS) is 22.7. The fraction of sp³-hybridized carbons (Fsp3) is 0.529. The Kier molecular flexibility index (Phi) is 4.71.